The molecule has 27 heavy (non-hydrogen) atoms. The number of nitrogens with one attached hydrogen (secondary N) is 1. The number of nitrogens with zero attached hydrogens (tertiary/aromatic N) is 3. The van der Waals surface area contributed by atoms with E-state index in [-0.39, 0.29) is 17.9 Å². The van der Waals surface area contributed by atoms with Gasteiger partial charge in [0.25, 0.3) is 6.20 Å². The first kappa shape index (κ1) is 19.7. The molecule has 0 amide bonds. The average molecular weight is 404 g/mol. The monoisotopic (exact) mass is 403 g/mol. The summed E-state index contributed by atoms with van der Waals surface area (Å²) in [4.78, 5) is 16.2. The van der Waals surface area contributed by atoms with Crippen LogP contribution in [0.25, 0.3) is 21.8 Å². The van der Waals surface area contributed by atoms with Gasteiger partial charge < -0.3 is 14.3 Å². The van der Waals surface area contributed by atoms with Gasteiger partial charge in [-0.1, -0.05) is 0 Å². The average Bonchev–Trinajstić information content (AvgIpc) is 2.92. The van der Waals surface area contributed by atoms with Crippen molar-refractivity contribution in [2.24, 2.45) is 0 Å². The fourth-order valence-electron chi connectivity index (χ4n) is 3.53. The van der Waals surface area contributed by atoms with E-state index in [0.29, 0.717) is 47.0 Å². The Morgan fingerprint density at radius 3 is 2.59 bits per heavy atom. The summed E-state index contributed by atoms with van der Waals surface area (Å²) < 4.78 is 48.2. The van der Waals surface area contributed by atoms with Gasteiger partial charge in [0.2, 0.25) is 6.20 Å². The molecule has 0 aliphatic carbocycles. The fraction of sp³-hybridized carbons (Fsp3) is 0.412. The number of rotatable bonds is 3. The molecule has 0 spiro atoms. The van der Waals surface area contributed by atoms with E-state index >= 15 is 0 Å². The Bertz CT molecular complexity index is 1010. The second-order valence-corrected chi connectivity index (χ2v) is 6.32. The smallest absolute Gasteiger partial charge is 0.379 e. The molecule has 0 bridgehead atoms. The molecule has 0 atom stereocenters. The Morgan fingerprint density at radius 2 is 1.89 bits per heavy atom. The predicted octanol–water partition coefficient (Wildman–Crippen LogP) is 2.81. The van der Waals surface area contributed by atoms with Crippen LogP contribution in [0.4, 0.5) is 13.2 Å². The van der Waals surface area contributed by atoms with Gasteiger partial charge in [0.1, 0.15) is 11.2 Å². The molecule has 146 valence electrons. The van der Waals surface area contributed by atoms with Crippen molar-refractivity contribution in [1.29, 1.82) is 0 Å². The van der Waals surface area contributed by atoms with Crippen LogP contribution in [-0.2, 0) is 17.5 Å². The zero-order chi connectivity index (χ0) is 18.3. The van der Waals surface area contributed by atoms with Crippen molar-refractivity contribution >= 4 is 34.2 Å². The molecule has 0 unspecified atom stereocenters. The molecule has 1 N–H and O–H groups in total. The summed E-state index contributed by atoms with van der Waals surface area (Å²) in [6.45, 7) is 3.67. The van der Waals surface area contributed by atoms with Crippen LogP contribution in [0.1, 0.15) is 5.69 Å². The Hall–Kier alpha value is -2.10. The number of aromatic amines is 1. The van der Waals surface area contributed by atoms with E-state index in [2.05, 4.69) is 9.88 Å². The summed E-state index contributed by atoms with van der Waals surface area (Å²) in [5.74, 6) is 0. The molecule has 1 aliphatic rings. The van der Waals surface area contributed by atoms with Gasteiger partial charge in [-0.05, 0) is 6.07 Å². The molecule has 4 rings (SSSR count). The van der Waals surface area contributed by atoms with Gasteiger partial charge >= 0.3 is 6.18 Å². The number of aromatic nitrogens is 3. The topological polar surface area (TPSA) is 56.2 Å². The summed E-state index contributed by atoms with van der Waals surface area (Å²) in [7, 11) is 0. The molecule has 6 nitrogen and oxygen atoms in total. The third-order valence-corrected chi connectivity index (χ3v) is 4.76. The number of pyridine rings is 2. The van der Waals surface area contributed by atoms with Crippen LogP contribution < -0.4 is 4.43 Å². The van der Waals surface area contributed by atoms with Crippen LogP contribution in [0.2, 0.25) is 0 Å². The first-order valence-corrected chi connectivity index (χ1v) is 8.38. The van der Waals surface area contributed by atoms with E-state index in [1.54, 1.807) is 16.7 Å². The number of ether oxygens (including phenoxy) is 1. The Balaban J connectivity index is 0.00000210. The van der Waals surface area contributed by atoms with Crippen molar-refractivity contribution < 1.29 is 22.3 Å². The van der Waals surface area contributed by atoms with Crippen LogP contribution in [-0.4, -0.2) is 47.3 Å². The minimum Gasteiger partial charge on any atom is -0.379 e. The number of hydrogen-bond acceptors (Lipinski definition) is 3. The minimum absolute atomic E-state index is 0. The number of hydrogen-bond donors (Lipinski definition) is 1. The maximum Gasteiger partial charge on any atom is 0.433 e. The molecule has 10 heteroatoms. The summed E-state index contributed by atoms with van der Waals surface area (Å²) >= 11 is 0. The molecular formula is C17H19ClF3N4O2+. The number of alkyl halides is 3. The SMILES string of the molecule is Cl.O=[n+]1ccc2c3cc[nH]c(C(F)(F)F)c3n(CCN3CCOCC3)c2c1. The Morgan fingerprint density at radius 1 is 1.15 bits per heavy atom. The van der Waals surface area contributed by atoms with Gasteiger partial charge in [-0.15, -0.1) is 12.4 Å². The van der Waals surface area contributed by atoms with E-state index in [1.165, 1.54) is 18.6 Å². The van der Waals surface area contributed by atoms with Gasteiger partial charge in [0.05, 0.1) is 23.2 Å². The first-order chi connectivity index (χ1) is 12.4. The highest BCUT2D eigenvalue weighted by molar-refractivity contribution is 6.08. The van der Waals surface area contributed by atoms with Crippen LogP contribution in [0.5, 0.6) is 0 Å². The third kappa shape index (κ3) is 3.67. The van der Waals surface area contributed by atoms with Crippen LogP contribution in [0, 0.1) is 4.91 Å². The van der Waals surface area contributed by atoms with E-state index in [9.17, 15) is 18.1 Å². The van der Waals surface area contributed by atoms with Gasteiger partial charge in [0.15, 0.2) is 0 Å². The molecule has 0 aromatic carbocycles. The van der Waals surface area contributed by atoms with Crippen LogP contribution in [0.15, 0.2) is 30.7 Å². The van der Waals surface area contributed by atoms with E-state index < -0.39 is 11.9 Å². The van der Waals surface area contributed by atoms with Crippen molar-refractivity contribution in [3.8, 4) is 0 Å². The Labute approximate surface area is 158 Å². The second kappa shape index (κ2) is 7.49. The number of fused-ring (bicyclic) bond motifs is 3. The summed E-state index contributed by atoms with van der Waals surface area (Å²) in [6.07, 6.45) is -0.597. The first-order valence-electron chi connectivity index (χ1n) is 8.38. The molecule has 1 saturated heterocycles. The Kier molecular flexibility index (Phi) is 5.45. The van der Waals surface area contributed by atoms with Crippen molar-refractivity contribution in [2.45, 2.75) is 12.7 Å². The number of morpholine rings is 1. The molecule has 1 fully saturated rings. The summed E-state index contributed by atoms with van der Waals surface area (Å²) in [6, 6.07) is 3.18. The van der Waals surface area contributed by atoms with Gasteiger partial charge in [-0.2, -0.15) is 13.2 Å². The highest BCUT2D eigenvalue weighted by Gasteiger charge is 2.36. The number of halogens is 4. The van der Waals surface area contributed by atoms with Gasteiger partial charge in [0, 0.05) is 54.1 Å². The summed E-state index contributed by atoms with van der Waals surface area (Å²) in [5, 5.41) is 1.11. The van der Waals surface area contributed by atoms with Crippen molar-refractivity contribution in [1.82, 2.24) is 14.5 Å². The largest absolute Gasteiger partial charge is 0.433 e. The second-order valence-electron chi connectivity index (χ2n) is 6.32. The van der Waals surface area contributed by atoms with Crippen molar-refractivity contribution in [2.75, 3.05) is 32.8 Å². The zero-order valence-electron chi connectivity index (χ0n) is 14.3. The highest BCUT2D eigenvalue weighted by Crippen LogP contribution is 2.37. The standard InChI is InChI=1S/C17H18F3N4O2.ClH/c18-17(19,20)16-15-13(1-3-21-16)12-2-4-23(25)11-14(12)24(15)6-5-22-7-9-26-10-8-22;/h1-4,11,21H,5-10H2;1H/q+1;. The van der Waals surface area contributed by atoms with Gasteiger partial charge in [-0.25, -0.2) is 0 Å². The minimum atomic E-state index is -4.52. The highest BCUT2D eigenvalue weighted by atomic mass is 35.5. The van der Waals surface area contributed by atoms with E-state index in [4.69, 9.17) is 4.74 Å². The van der Waals surface area contributed by atoms with Crippen molar-refractivity contribution in [3.05, 3.63) is 41.3 Å². The van der Waals surface area contributed by atoms with Crippen LogP contribution in [0.3, 0.4) is 0 Å². The molecule has 3 aromatic rings. The molecule has 4 heterocycles. The lowest BCUT2D eigenvalue weighted by Gasteiger charge is -2.27. The van der Waals surface area contributed by atoms with E-state index in [1.807, 2.05) is 0 Å². The maximum atomic E-state index is 13.6. The van der Waals surface area contributed by atoms with Gasteiger partial charge in [-0.3, -0.25) is 4.90 Å². The number of H-pyrrole nitrogens is 1. The van der Waals surface area contributed by atoms with Crippen molar-refractivity contribution in [3.63, 3.8) is 0 Å². The maximum absolute atomic E-state index is 13.6. The molecule has 1 aliphatic heterocycles. The van der Waals surface area contributed by atoms with Crippen LogP contribution >= 0.6 is 12.4 Å². The molecule has 3 aromatic heterocycles. The van der Waals surface area contributed by atoms with E-state index in [0.717, 1.165) is 13.1 Å². The molecule has 0 saturated carbocycles. The third-order valence-electron chi connectivity index (χ3n) is 4.76. The lowest BCUT2D eigenvalue weighted by molar-refractivity contribution is -0.492. The summed E-state index contributed by atoms with van der Waals surface area (Å²) in [5.41, 5.74) is -0.226. The molecular weight excluding hydrogens is 385 g/mol. The normalized spacial score (nSPS) is 16.0. The quantitative estimate of drug-likeness (QED) is 0.684. The fourth-order valence-corrected chi connectivity index (χ4v) is 3.53. The molecule has 0 radical (unpaired) electrons. The lowest BCUT2D eigenvalue weighted by atomic mass is 10.2. The lowest BCUT2D eigenvalue weighted by Crippen LogP contribution is -2.38. The zero-order valence-corrected chi connectivity index (χ0v) is 15.1. The predicted molar refractivity (Wildman–Crippen MR) is 96.7 cm³/mol.